The van der Waals surface area contributed by atoms with Crippen LogP contribution < -0.4 is 16.8 Å². The summed E-state index contributed by atoms with van der Waals surface area (Å²) in [5.74, 6) is -0.725. The Kier molecular flexibility index (Phi) is 5.79. The van der Waals surface area contributed by atoms with E-state index in [1.807, 2.05) is 24.3 Å². The van der Waals surface area contributed by atoms with E-state index in [0.717, 1.165) is 36.4 Å². The van der Waals surface area contributed by atoms with Crippen molar-refractivity contribution >= 4 is 46.0 Å². The van der Waals surface area contributed by atoms with Gasteiger partial charge in [0.15, 0.2) is 0 Å². The number of nitrogens with one attached hydrogen (secondary N) is 1. The first-order valence-corrected chi connectivity index (χ1v) is 11.5. The molecule has 33 heavy (non-hydrogen) atoms. The predicted octanol–water partition coefficient (Wildman–Crippen LogP) is 4.96. The van der Waals surface area contributed by atoms with Crippen LogP contribution in [0.3, 0.4) is 0 Å². The van der Waals surface area contributed by atoms with Crippen molar-refractivity contribution in [3.05, 3.63) is 82.4 Å². The smallest absolute Gasteiger partial charge is 0.238 e. The minimum Gasteiger partial charge on any atom is -0.397 e. The first-order chi connectivity index (χ1) is 16.0. The van der Waals surface area contributed by atoms with Crippen LogP contribution in [0.5, 0.6) is 0 Å². The molecule has 1 saturated heterocycles. The Bertz CT molecular complexity index is 1230. The normalized spacial score (nSPS) is 18.4. The van der Waals surface area contributed by atoms with E-state index in [1.54, 1.807) is 24.3 Å². The first kappa shape index (κ1) is 21.5. The fourth-order valence-corrected chi connectivity index (χ4v) is 4.72. The van der Waals surface area contributed by atoms with E-state index in [0.29, 0.717) is 27.8 Å². The number of nitrogens with zero attached hydrogens (tertiary/aromatic N) is 2. The number of nitrogen functional groups attached to an aromatic ring is 2. The van der Waals surface area contributed by atoms with E-state index in [2.05, 4.69) is 22.3 Å². The van der Waals surface area contributed by atoms with Crippen LogP contribution in [0.1, 0.15) is 35.4 Å². The fraction of sp³-hybridized carbons (Fsp3) is 0.231. The first-order valence-electron chi connectivity index (χ1n) is 11.1. The molecule has 2 heterocycles. The summed E-state index contributed by atoms with van der Waals surface area (Å²) >= 11 is 6.14. The molecule has 0 bridgehead atoms. The van der Waals surface area contributed by atoms with Crippen molar-refractivity contribution < 1.29 is 4.79 Å². The highest BCUT2D eigenvalue weighted by molar-refractivity contribution is 6.31. The summed E-state index contributed by atoms with van der Waals surface area (Å²) in [6, 6.07) is 19.0. The Balaban J connectivity index is 1.54. The second kappa shape index (κ2) is 8.89. The van der Waals surface area contributed by atoms with Crippen molar-refractivity contribution in [1.29, 1.82) is 0 Å². The molecule has 2 aliphatic heterocycles. The van der Waals surface area contributed by atoms with E-state index in [-0.39, 0.29) is 5.91 Å². The number of fused-ring (bicyclic) bond motifs is 1. The molecule has 1 fully saturated rings. The standard InChI is InChI=1S/C26H26ClN5O/c27-18-6-9-20-23(14-18)31-26(33)24(20)25(17-5-10-21(28)22(29)13-17)30-19-7-3-16(4-8-19)15-32-11-1-2-12-32/h3-10,13-14,24H,1-2,11-12,15,28-29H2,(H,31,33). The van der Waals surface area contributed by atoms with Gasteiger partial charge in [-0.2, -0.15) is 0 Å². The van der Waals surface area contributed by atoms with Gasteiger partial charge in [0.2, 0.25) is 5.91 Å². The van der Waals surface area contributed by atoms with E-state index in [9.17, 15) is 4.79 Å². The van der Waals surface area contributed by atoms with Gasteiger partial charge in [0.1, 0.15) is 5.92 Å². The zero-order valence-corrected chi connectivity index (χ0v) is 19.0. The van der Waals surface area contributed by atoms with E-state index >= 15 is 0 Å². The van der Waals surface area contributed by atoms with Crippen LogP contribution in [0.2, 0.25) is 5.02 Å². The molecule has 1 amide bonds. The lowest BCUT2D eigenvalue weighted by molar-refractivity contribution is -0.115. The van der Waals surface area contributed by atoms with Gasteiger partial charge in [0, 0.05) is 17.3 Å². The molecule has 2 aliphatic rings. The molecule has 6 nitrogen and oxygen atoms in total. The quantitative estimate of drug-likeness (QED) is 0.371. The van der Waals surface area contributed by atoms with E-state index in [1.165, 1.54) is 18.4 Å². The zero-order chi connectivity index (χ0) is 22.9. The molecule has 3 aromatic carbocycles. The Morgan fingerprint density at radius 1 is 1.00 bits per heavy atom. The van der Waals surface area contributed by atoms with Gasteiger partial charge in [-0.25, -0.2) is 0 Å². The minimum absolute atomic E-state index is 0.146. The van der Waals surface area contributed by atoms with Gasteiger partial charge in [0.05, 0.1) is 22.8 Å². The minimum atomic E-state index is -0.579. The Morgan fingerprint density at radius 2 is 1.76 bits per heavy atom. The highest BCUT2D eigenvalue weighted by Gasteiger charge is 2.35. The molecule has 0 radical (unpaired) electrons. The second-order valence-corrected chi connectivity index (χ2v) is 9.08. The van der Waals surface area contributed by atoms with Crippen LogP contribution in [0.15, 0.2) is 65.7 Å². The summed E-state index contributed by atoms with van der Waals surface area (Å²) in [5.41, 5.74) is 17.9. The molecule has 0 saturated carbocycles. The largest absolute Gasteiger partial charge is 0.397 e. The summed E-state index contributed by atoms with van der Waals surface area (Å²) in [5, 5.41) is 3.50. The number of hydrogen-bond acceptors (Lipinski definition) is 5. The number of carbonyl (C=O) groups excluding carboxylic acids is 1. The molecule has 1 unspecified atom stereocenters. The number of benzene rings is 3. The zero-order valence-electron chi connectivity index (χ0n) is 18.2. The third-order valence-corrected chi connectivity index (χ3v) is 6.53. The lowest BCUT2D eigenvalue weighted by Crippen LogP contribution is -2.22. The molecule has 0 spiro atoms. The maximum atomic E-state index is 13.1. The van der Waals surface area contributed by atoms with Crippen LogP contribution in [0.4, 0.5) is 22.7 Å². The second-order valence-electron chi connectivity index (χ2n) is 8.64. The lowest BCUT2D eigenvalue weighted by atomic mass is 9.90. The van der Waals surface area contributed by atoms with Crippen LogP contribution in [0.25, 0.3) is 0 Å². The summed E-state index contributed by atoms with van der Waals surface area (Å²) in [4.78, 5) is 20.5. The number of carbonyl (C=O) groups is 1. The lowest BCUT2D eigenvalue weighted by Gasteiger charge is -2.16. The number of amides is 1. The summed E-state index contributed by atoms with van der Waals surface area (Å²) < 4.78 is 0. The molecule has 0 aromatic heterocycles. The number of hydrogen-bond donors (Lipinski definition) is 3. The highest BCUT2D eigenvalue weighted by atomic mass is 35.5. The Hall–Kier alpha value is -3.35. The van der Waals surface area contributed by atoms with Gasteiger partial charge >= 0.3 is 0 Å². The Morgan fingerprint density at radius 3 is 2.48 bits per heavy atom. The third kappa shape index (κ3) is 4.45. The maximum absolute atomic E-state index is 13.1. The molecular formula is C26H26ClN5O. The molecule has 5 N–H and O–H groups in total. The number of nitrogens with two attached hydrogens (primary N) is 2. The van der Waals surface area contributed by atoms with Gasteiger partial charge < -0.3 is 16.8 Å². The maximum Gasteiger partial charge on any atom is 0.238 e. The van der Waals surface area contributed by atoms with Crippen molar-refractivity contribution in [3.8, 4) is 0 Å². The number of aliphatic imine (C=N–C) groups is 1. The molecule has 1 atom stereocenters. The summed E-state index contributed by atoms with van der Waals surface area (Å²) in [6.45, 7) is 3.26. The topological polar surface area (TPSA) is 96.7 Å². The molecular weight excluding hydrogens is 434 g/mol. The van der Waals surface area contributed by atoms with Crippen molar-refractivity contribution in [2.45, 2.75) is 25.3 Å². The number of anilines is 3. The average molecular weight is 460 g/mol. The van der Waals surface area contributed by atoms with Crippen molar-refractivity contribution in [1.82, 2.24) is 4.90 Å². The highest BCUT2D eigenvalue weighted by Crippen LogP contribution is 2.38. The third-order valence-electron chi connectivity index (χ3n) is 6.29. The number of likely N-dealkylation sites (tertiary alicyclic amines) is 1. The van der Waals surface area contributed by atoms with Crippen molar-refractivity contribution in [3.63, 3.8) is 0 Å². The van der Waals surface area contributed by atoms with E-state index < -0.39 is 5.92 Å². The van der Waals surface area contributed by atoms with E-state index in [4.69, 9.17) is 28.1 Å². The van der Waals surface area contributed by atoms with Gasteiger partial charge in [-0.3, -0.25) is 14.7 Å². The van der Waals surface area contributed by atoms with Crippen molar-refractivity contribution in [2.24, 2.45) is 4.99 Å². The molecule has 0 aliphatic carbocycles. The number of rotatable bonds is 5. The fourth-order valence-electron chi connectivity index (χ4n) is 4.55. The molecule has 7 heteroatoms. The van der Waals surface area contributed by atoms with Crippen LogP contribution >= 0.6 is 11.6 Å². The van der Waals surface area contributed by atoms with Crippen molar-refractivity contribution in [2.75, 3.05) is 29.9 Å². The van der Waals surface area contributed by atoms with Gasteiger partial charge in [-0.05, 0) is 79.0 Å². The monoisotopic (exact) mass is 459 g/mol. The molecule has 3 aromatic rings. The predicted molar refractivity (Wildman–Crippen MR) is 135 cm³/mol. The molecule has 5 rings (SSSR count). The van der Waals surface area contributed by atoms with Crippen LogP contribution in [-0.2, 0) is 11.3 Å². The van der Waals surface area contributed by atoms with Gasteiger partial charge in [0.25, 0.3) is 0 Å². The SMILES string of the molecule is Nc1ccc(C(=Nc2ccc(CN3CCCC3)cc2)C2C(=O)Nc3cc(Cl)ccc32)cc1N. The van der Waals surface area contributed by atoms with Gasteiger partial charge in [-0.15, -0.1) is 0 Å². The van der Waals surface area contributed by atoms with Gasteiger partial charge in [-0.1, -0.05) is 35.9 Å². The molecule has 168 valence electrons. The summed E-state index contributed by atoms with van der Waals surface area (Å²) in [7, 11) is 0. The Labute approximate surface area is 198 Å². The summed E-state index contributed by atoms with van der Waals surface area (Å²) in [6.07, 6.45) is 2.54. The van der Waals surface area contributed by atoms with Crippen LogP contribution in [-0.4, -0.2) is 29.6 Å². The average Bonchev–Trinajstić information content (AvgIpc) is 3.42. The van der Waals surface area contributed by atoms with Crippen LogP contribution in [0, 0.1) is 0 Å². The number of halogens is 1.